The van der Waals surface area contributed by atoms with Crippen molar-refractivity contribution in [1.29, 1.82) is 0 Å². The molecule has 0 aliphatic heterocycles. The van der Waals surface area contributed by atoms with E-state index in [1.807, 2.05) is 12.2 Å². The van der Waals surface area contributed by atoms with Crippen LogP contribution in [0.1, 0.15) is 6.42 Å². The second-order valence-electron chi connectivity index (χ2n) is 5.79. The second-order valence-corrected chi connectivity index (χ2v) is 5.79. The molecule has 2 aliphatic rings. The molecule has 2 aliphatic carbocycles. The van der Waals surface area contributed by atoms with Crippen molar-refractivity contribution in [3.05, 3.63) is 40.5 Å². The minimum Gasteiger partial charge on any atom is -0.506 e. The van der Waals surface area contributed by atoms with Gasteiger partial charge in [0.15, 0.2) is 0 Å². The molecule has 1 aromatic rings. The summed E-state index contributed by atoms with van der Waals surface area (Å²) in [5.74, 6) is -3.74. The first-order chi connectivity index (χ1) is 10.9. The molecular formula is C15H14N2O6. The molecule has 120 valence electrons. The average Bonchev–Trinajstić information content (AvgIpc) is 3.09. The van der Waals surface area contributed by atoms with Gasteiger partial charge in [0, 0.05) is 6.07 Å². The summed E-state index contributed by atoms with van der Waals surface area (Å²) in [6.07, 6.45) is 4.31. The topological polar surface area (TPSA) is 130 Å². The Hall–Kier alpha value is -2.90. The summed E-state index contributed by atoms with van der Waals surface area (Å²) < 4.78 is 0. The molecule has 3 N–H and O–H groups in total. The molecule has 8 heteroatoms. The molecular weight excluding hydrogens is 304 g/mol. The molecule has 1 saturated carbocycles. The monoisotopic (exact) mass is 318 g/mol. The van der Waals surface area contributed by atoms with Crippen LogP contribution in [-0.4, -0.2) is 27.0 Å². The molecule has 0 spiro atoms. The van der Waals surface area contributed by atoms with Crippen molar-refractivity contribution >= 4 is 23.3 Å². The van der Waals surface area contributed by atoms with Crippen molar-refractivity contribution in [1.82, 2.24) is 0 Å². The van der Waals surface area contributed by atoms with E-state index >= 15 is 0 Å². The number of fused-ring (bicyclic) bond motifs is 2. The highest BCUT2D eigenvalue weighted by Crippen LogP contribution is 2.48. The maximum atomic E-state index is 12.4. The van der Waals surface area contributed by atoms with Crippen molar-refractivity contribution in [3.63, 3.8) is 0 Å². The van der Waals surface area contributed by atoms with E-state index in [0.29, 0.717) is 6.42 Å². The van der Waals surface area contributed by atoms with Gasteiger partial charge in [-0.25, -0.2) is 0 Å². The van der Waals surface area contributed by atoms with Crippen LogP contribution in [0.15, 0.2) is 30.4 Å². The fourth-order valence-corrected chi connectivity index (χ4v) is 3.47. The summed E-state index contributed by atoms with van der Waals surface area (Å²) >= 11 is 0. The number of phenols is 1. The molecule has 3 rings (SSSR count). The van der Waals surface area contributed by atoms with E-state index in [2.05, 4.69) is 5.32 Å². The Morgan fingerprint density at radius 1 is 1.22 bits per heavy atom. The van der Waals surface area contributed by atoms with Gasteiger partial charge in [-0.1, -0.05) is 12.2 Å². The maximum Gasteiger partial charge on any atom is 0.307 e. The first kappa shape index (κ1) is 15.0. The van der Waals surface area contributed by atoms with Gasteiger partial charge in [0.1, 0.15) is 5.75 Å². The first-order valence-electron chi connectivity index (χ1n) is 7.08. The average molecular weight is 318 g/mol. The van der Waals surface area contributed by atoms with E-state index in [0.717, 1.165) is 12.1 Å². The normalized spacial score (nSPS) is 27.8. The summed E-state index contributed by atoms with van der Waals surface area (Å²) in [6, 6.07) is 3.32. The number of nitrogens with one attached hydrogen (secondary N) is 1. The third-order valence-corrected chi connectivity index (χ3v) is 4.50. The molecule has 0 aromatic heterocycles. The predicted molar refractivity (Wildman–Crippen MR) is 78.7 cm³/mol. The number of amides is 1. The summed E-state index contributed by atoms with van der Waals surface area (Å²) in [5, 5.41) is 32.2. The molecule has 0 heterocycles. The highest BCUT2D eigenvalue weighted by Gasteiger charge is 2.51. The molecule has 1 amide bonds. The Morgan fingerprint density at radius 2 is 1.87 bits per heavy atom. The van der Waals surface area contributed by atoms with Crippen molar-refractivity contribution < 1.29 is 24.7 Å². The standard InChI is InChI=1S/C15H14N2O6/c18-11-6-9(17(22)23)3-4-10(11)16-14(19)12-7-1-2-8(5-7)13(12)15(20)21/h1-4,6-8,12-13,18H,5H2,(H,16,19)(H,20,21)/t7-,8+,12+,13+/m1/s1. The smallest absolute Gasteiger partial charge is 0.307 e. The van der Waals surface area contributed by atoms with E-state index < -0.39 is 34.4 Å². The fraction of sp³-hybridized carbons (Fsp3) is 0.333. The second kappa shape index (κ2) is 5.38. The van der Waals surface area contributed by atoms with Crippen molar-refractivity contribution in [2.75, 3.05) is 5.32 Å². The lowest BCUT2D eigenvalue weighted by Crippen LogP contribution is -2.36. The van der Waals surface area contributed by atoms with E-state index in [1.165, 1.54) is 6.07 Å². The van der Waals surface area contributed by atoms with Crippen LogP contribution in [0, 0.1) is 33.8 Å². The number of nitro groups is 1. The van der Waals surface area contributed by atoms with Crippen LogP contribution in [0.2, 0.25) is 0 Å². The zero-order valence-corrected chi connectivity index (χ0v) is 11.9. The molecule has 0 radical (unpaired) electrons. The van der Waals surface area contributed by atoms with Gasteiger partial charge in [-0.2, -0.15) is 0 Å². The van der Waals surface area contributed by atoms with Crippen LogP contribution in [0.4, 0.5) is 11.4 Å². The molecule has 0 unspecified atom stereocenters. The number of nitro benzene ring substituents is 1. The Bertz CT molecular complexity index is 729. The summed E-state index contributed by atoms with van der Waals surface area (Å²) in [5.41, 5.74) is -0.275. The number of allylic oxidation sites excluding steroid dienone is 2. The number of aliphatic carboxylic acids is 1. The SMILES string of the molecule is O=C(Nc1ccc([N+](=O)[O-])cc1O)[C@@H]1[C@@H](C(=O)O)[C@H]2C=C[C@@H]1C2. The summed E-state index contributed by atoms with van der Waals surface area (Å²) in [4.78, 5) is 33.8. The minimum absolute atomic E-state index is 0.0245. The number of hydrogen-bond donors (Lipinski definition) is 3. The van der Waals surface area contributed by atoms with Gasteiger partial charge in [-0.05, 0) is 24.3 Å². The number of carboxylic acid groups (broad SMARTS) is 1. The Balaban J connectivity index is 1.81. The van der Waals surface area contributed by atoms with Gasteiger partial charge in [0.05, 0.1) is 28.5 Å². The van der Waals surface area contributed by atoms with E-state index in [1.54, 1.807) is 0 Å². The third-order valence-electron chi connectivity index (χ3n) is 4.50. The zero-order chi connectivity index (χ0) is 16.7. The first-order valence-corrected chi connectivity index (χ1v) is 7.08. The number of aromatic hydroxyl groups is 1. The van der Waals surface area contributed by atoms with Gasteiger partial charge in [-0.15, -0.1) is 0 Å². The van der Waals surface area contributed by atoms with Gasteiger partial charge in [0.25, 0.3) is 5.69 Å². The third kappa shape index (κ3) is 2.52. The number of anilines is 1. The number of carbonyl (C=O) groups is 2. The van der Waals surface area contributed by atoms with Crippen LogP contribution in [-0.2, 0) is 9.59 Å². The summed E-state index contributed by atoms with van der Waals surface area (Å²) in [6.45, 7) is 0. The number of hydrogen-bond acceptors (Lipinski definition) is 5. The van der Waals surface area contributed by atoms with Crippen LogP contribution in [0.3, 0.4) is 0 Å². The van der Waals surface area contributed by atoms with Crippen molar-refractivity contribution in [2.24, 2.45) is 23.7 Å². The van der Waals surface area contributed by atoms with Crippen molar-refractivity contribution in [2.45, 2.75) is 6.42 Å². The quantitative estimate of drug-likeness (QED) is 0.336. The van der Waals surface area contributed by atoms with Crippen LogP contribution >= 0.6 is 0 Å². The predicted octanol–water partition coefficient (Wildman–Crippen LogP) is 1.76. The van der Waals surface area contributed by atoms with Gasteiger partial charge < -0.3 is 15.5 Å². The van der Waals surface area contributed by atoms with Crippen molar-refractivity contribution in [3.8, 4) is 5.75 Å². The molecule has 0 saturated heterocycles. The number of nitrogens with zero attached hydrogens (tertiary/aromatic N) is 1. The Labute approximate surface area is 130 Å². The number of carboxylic acids is 1. The number of phenolic OH excluding ortho intramolecular Hbond substituents is 1. The number of carbonyl (C=O) groups excluding carboxylic acids is 1. The highest BCUT2D eigenvalue weighted by molar-refractivity contribution is 5.97. The molecule has 2 bridgehead atoms. The largest absolute Gasteiger partial charge is 0.506 e. The van der Waals surface area contributed by atoms with E-state index in [4.69, 9.17) is 0 Å². The Morgan fingerprint density at radius 3 is 2.43 bits per heavy atom. The number of non-ortho nitro benzene ring substituents is 1. The van der Waals surface area contributed by atoms with Crippen LogP contribution < -0.4 is 5.32 Å². The fourth-order valence-electron chi connectivity index (χ4n) is 3.47. The van der Waals surface area contributed by atoms with Gasteiger partial charge >= 0.3 is 5.97 Å². The van der Waals surface area contributed by atoms with Gasteiger partial charge in [0.2, 0.25) is 5.91 Å². The van der Waals surface area contributed by atoms with E-state index in [9.17, 15) is 29.9 Å². The lowest BCUT2D eigenvalue weighted by atomic mass is 9.82. The van der Waals surface area contributed by atoms with Gasteiger partial charge in [-0.3, -0.25) is 19.7 Å². The molecule has 4 atom stereocenters. The Kier molecular flexibility index (Phi) is 3.51. The number of rotatable bonds is 4. The van der Waals surface area contributed by atoms with Crippen LogP contribution in [0.25, 0.3) is 0 Å². The molecule has 8 nitrogen and oxygen atoms in total. The molecule has 23 heavy (non-hydrogen) atoms. The summed E-state index contributed by atoms with van der Waals surface area (Å²) in [7, 11) is 0. The lowest BCUT2D eigenvalue weighted by Gasteiger charge is -2.24. The van der Waals surface area contributed by atoms with Crippen LogP contribution in [0.5, 0.6) is 5.75 Å². The minimum atomic E-state index is -1.02. The lowest BCUT2D eigenvalue weighted by molar-refractivity contribution is -0.384. The molecule has 1 fully saturated rings. The maximum absolute atomic E-state index is 12.4. The highest BCUT2D eigenvalue weighted by atomic mass is 16.6. The molecule has 1 aromatic carbocycles. The number of benzene rings is 1. The zero-order valence-electron chi connectivity index (χ0n) is 11.9. The van der Waals surface area contributed by atoms with E-state index in [-0.39, 0.29) is 23.2 Å².